The summed E-state index contributed by atoms with van der Waals surface area (Å²) in [6, 6.07) is 0. The Labute approximate surface area is 67.9 Å². The summed E-state index contributed by atoms with van der Waals surface area (Å²) in [6.07, 6.45) is 2.40. The molecule has 0 aromatic rings. The van der Waals surface area contributed by atoms with E-state index in [4.69, 9.17) is 4.74 Å². The molecular formula is C9H16O2. The van der Waals surface area contributed by atoms with Crippen molar-refractivity contribution in [3.05, 3.63) is 0 Å². The molecule has 0 unspecified atom stereocenters. The van der Waals surface area contributed by atoms with Crippen LogP contribution in [0, 0.1) is 5.92 Å². The predicted molar refractivity (Wildman–Crippen MR) is 43.4 cm³/mol. The number of hydrogen-bond donors (Lipinski definition) is 0. The van der Waals surface area contributed by atoms with Gasteiger partial charge in [0.1, 0.15) is 5.78 Å². The second kappa shape index (κ2) is 3.35. The molecule has 0 aromatic carbocycles. The highest BCUT2D eigenvalue weighted by molar-refractivity contribution is 5.79. The van der Waals surface area contributed by atoms with Crippen molar-refractivity contribution in [3.63, 3.8) is 0 Å². The minimum Gasteiger partial charge on any atom is -0.375 e. The molecule has 0 aliphatic carbocycles. The fraction of sp³-hybridized carbons (Fsp3) is 0.889. The lowest BCUT2D eigenvalue weighted by atomic mass is 9.96. The van der Waals surface area contributed by atoms with Gasteiger partial charge in [-0.15, -0.1) is 0 Å². The van der Waals surface area contributed by atoms with Crippen LogP contribution in [0.4, 0.5) is 0 Å². The molecule has 2 heteroatoms. The zero-order valence-electron chi connectivity index (χ0n) is 7.46. The van der Waals surface area contributed by atoms with E-state index in [-0.39, 0.29) is 17.8 Å². The monoisotopic (exact) mass is 156 g/mol. The van der Waals surface area contributed by atoms with Crippen molar-refractivity contribution >= 4 is 5.78 Å². The zero-order chi connectivity index (χ0) is 8.43. The van der Waals surface area contributed by atoms with Gasteiger partial charge in [0.15, 0.2) is 0 Å². The number of ketones is 1. The summed E-state index contributed by atoms with van der Waals surface area (Å²) < 4.78 is 5.56. The molecule has 0 aromatic heterocycles. The van der Waals surface area contributed by atoms with Gasteiger partial charge in [0.25, 0.3) is 0 Å². The van der Waals surface area contributed by atoms with Gasteiger partial charge in [-0.25, -0.2) is 0 Å². The molecule has 0 N–H and O–H groups in total. The Morgan fingerprint density at radius 1 is 1.64 bits per heavy atom. The molecule has 0 saturated carbocycles. The Balaban J connectivity index is 2.51. The van der Waals surface area contributed by atoms with E-state index in [2.05, 4.69) is 6.92 Å². The molecule has 64 valence electrons. The summed E-state index contributed by atoms with van der Waals surface area (Å²) >= 11 is 0. The van der Waals surface area contributed by atoms with Crippen LogP contribution in [0.5, 0.6) is 0 Å². The highest BCUT2D eigenvalue weighted by atomic mass is 16.5. The van der Waals surface area contributed by atoms with Crippen LogP contribution < -0.4 is 0 Å². The van der Waals surface area contributed by atoms with E-state index in [0.29, 0.717) is 6.10 Å². The molecule has 1 heterocycles. The van der Waals surface area contributed by atoms with Crippen molar-refractivity contribution < 1.29 is 9.53 Å². The fourth-order valence-corrected chi connectivity index (χ4v) is 1.69. The molecule has 11 heavy (non-hydrogen) atoms. The standard InChI is InChI=1S/C9H16O2/c1-4-8-5-9(6(2)10)7(3)11-8/h7-9H,4-5H2,1-3H3/t7-,8+,9+/m1/s1. The first-order valence-corrected chi connectivity index (χ1v) is 4.31. The van der Waals surface area contributed by atoms with E-state index in [0.717, 1.165) is 12.8 Å². The number of carbonyl (C=O) groups excluding carboxylic acids is 1. The van der Waals surface area contributed by atoms with E-state index in [1.807, 2.05) is 6.92 Å². The van der Waals surface area contributed by atoms with E-state index >= 15 is 0 Å². The Kier molecular flexibility index (Phi) is 2.66. The SMILES string of the molecule is CC[C@H]1C[C@@H](C(C)=O)[C@@H](C)O1. The third-order valence-electron chi connectivity index (χ3n) is 2.47. The maximum absolute atomic E-state index is 11.0. The molecule has 3 atom stereocenters. The van der Waals surface area contributed by atoms with Crippen molar-refractivity contribution in [1.29, 1.82) is 0 Å². The highest BCUT2D eigenvalue weighted by Crippen LogP contribution is 2.28. The molecule has 0 radical (unpaired) electrons. The topological polar surface area (TPSA) is 26.3 Å². The first kappa shape index (κ1) is 8.72. The summed E-state index contributed by atoms with van der Waals surface area (Å²) in [5, 5.41) is 0. The first-order chi connectivity index (χ1) is 5.15. The number of Topliss-reactive ketones (excluding diaryl/α,β-unsaturated/α-hetero) is 1. The molecule has 1 rings (SSSR count). The number of hydrogen-bond acceptors (Lipinski definition) is 2. The van der Waals surface area contributed by atoms with Gasteiger partial charge in [-0.1, -0.05) is 6.92 Å². The Bertz CT molecular complexity index is 154. The molecule has 0 bridgehead atoms. The van der Waals surface area contributed by atoms with Gasteiger partial charge in [-0.05, 0) is 26.7 Å². The fourth-order valence-electron chi connectivity index (χ4n) is 1.69. The van der Waals surface area contributed by atoms with Crippen molar-refractivity contribution in [2.45, 2.75) is 45.8 Å². The number of carbonyl (C=O) groups is 1. The van der Waals surface area contributed by atoms with Gasteiger partial charge < -0.3 is 4.74 Å². The first-order valence-electron chi connectivity index (χ1n) is 4.31. The second-order valence-electron chi connectivity index (χ2n) is 3.32. The summed E-state index contributed by atoms with van der Waals surface area (Å²) in [5.41, 5.74) is 0. The van der Waals surface area contributed by atoms with Crippen LogP contribution >= 0.6 is 0 Å². The second-order valence-corrected chi connectivity index (χ2v) is 3.32. The molecule has 0 spiro atoms. The van der Waals surface area contributed by atoms with E-state index in [9.17, 15) is 4.79 Å². The van der Waals surface area contributed by atoms with Crippen LogP contribution in [0.15, 0.2) is 0 Å². The van der Waals surface area contributed by atoms with Crippen LogP contribution in [0.1, 0.15) is 33.6 Å². The van der Waals surface area contributed by atoms with Gasteiger partial charge in [-0.2, -0.15) is 0 Å². The van der Waals surface area contributed by atoms with Gasteiger partial charge in [-0.3, -0.25) is 4.79 Å². The number of rotatable bonds is 2. The molecule has 2 nitrogen and oxygen atoms in total. The summed E-state index contributed by atoms with van der Waals surface area (Å²) in [4.78, 5) is 11.0. The maximum Gasteiger partial charge on any atom is 0.135 e. The van der Waals surface area contributed by atoms with Gasteiger partial charge in [0, 0.05) is 5.92 Å². The van der Waals surface area contributed by atoms with Gasteiger partial charge >= 0.3 is 0 Å². The summed E-state index contributed by atoms with van der Waals surface area (Å²) in [5.74, 6) is 0.424. The zero-order valence-corrected chi connectivity index (χ0v) is 7.46. The highest BCUT2D eigenvalue weighted by Gasteiger charge is 2.33. The molecular weight excluding hydrogens is 140 g/mol. The Morgan fingerprint density at radius 2 is 2.27 bits per heavy atom. The Hall–Kier alpha value is -0.370. The largest absolute Gasteiger partial charge is 0.375 e. The van der Waals surface area contributed by atoms with Gasteiger partial charge in [0.05, 0.1) is 12.2 Å². The van der Waals surface area contributed by atoms with Crippen LogP contribution in [0.2, 0.25) is 0 Å². The van der Waals surface area contributed by atoms with Crippen molar-refractivity contribution in [1.82, 2.24) is 0 Å². The van der Waals surface area contributed by atoms with Crippen molar-refractivity contribution in [2.75, 3.05) is 0 Å². The predicted octanol–water partition coefficient (Wildman–Crippen LogP) is 1.78. The molecule has 1 saturated heterocycles. The lowest BCUT2D eigenvalue weighted by Crippen LogP contribution is -2.18. The normalized spacial score (nSPS) is 37.5. The third-order valence-corrected chi connectivity index (χ3v) is 2.47. The number of ether oxygens (including phenoxy) is 1. The summed E-state index contributed by atoms with van der Waals surface area (Å²) in [6.45, 7) is 5.74. The molecule has 1 fully saturated rings. The van der Waals surface area contributed by atoms with Crippen LogP contribution in [-0.2, 0) is 9.53 Å². The summed E-state index contributed by atoms with van der Waals surface area (Å²) in [7, 11) is 0. The lowest BCUT2D eigenvalue weighted by molar-refractivity contribution is -0.122. The average Bonchev–Trinajstić information content (AvgIpc) is 2.30. The van der Waals surface area contributed by atoms with Crippen LogP contribution in [0.25, 0.3) is 0 Å². The van der Waals surface area contributed by atoms with Gasteiger partial charge in [0.2, 0.25) is 0 Å². The smallest absolute Gasteiger partial charge is 0.135 e. The van der Waals surface area contributed by atoms with E-state index < -0.39 is 0 Å². The van der Waals surface area contributed by atoms with E-state index in [1.54, 1.807) is 6.92 Å². The van der Waals surface area contributed by atoms with Crippen molar-refractivity contribution in [2.24, 2.45) is 5.92 Å². The molecule has 1 aliphatic rings. The minimum atomic E-state index is 0.137. The maximum atomic E-state index is 11.0. The molecule has 1 aliphatic heterocycles. The third kappa shape index (κ3) is 1.80. The van der Waals surface area contributed by atoms with Crippen molar-refractivity contribution in [3.8, 4) is 0 Å². The van der Waals surface area contributed by atoms with E-state index in [1.165, 1.54) is 0 Å². The average molecular weight is 156 g/mol. The Morgan fingerprint density at radius 3 is 2.55 bits per heavy atom. The van der Waals surface area contributed by atoms with Crippen LogP contribution in [0.3, 0.4) is 0 Å². The minimum absolute atomic E-state index is 0.137. The molecule has 0 amide bonds. The quantitative estimate of drug-likeness (QED) is 0.609. The lowest BCUT2D eigenvalue weighted by Gasteiger charge is -2.08. The van der Waals surface area contributed by atoms with Crippen LogP contribution in [-0.4, -0.2) is 18.0 Å².